The fourth-order valence-corrected chi connectivity index (χ4v) is 2.17. The highest BCUT2D eigenvalue weighted by atomic mass is 16.5. The summed E-state index contributed by atoms with van der Waals surface area (Å²) in [4.78, 5) is 4.62. The second-order valence-electron chi connectivity index (χ2n) is 5.22. The molecule has 0 atom stereocenters. The van der Waals surface area contributed by atoms with Crippen molar-refractivity contribution in [2.45, 2.75) is 33.2 Å². The molecule has 0 aromatic heterocycles. The van der Waals surface area contributed by atoms with E-state index in [1.54, 1.807) is 14.2 Å². The van der Waals surface area contributed by atoms with E-state index in [0.29, 0.717) is 6.54 Å². The molecule has 0 heterocycles. The summed E-state index contributed by atoms with van der Waals surface area (Å²) in [6.07, 6.45) is 2.11. The highest BCUT2D eigenvalue weighted by Crippen LogP contribution is 2.27. The summed E-state index contributed by atoms with van der Waals surface area (Å²) >= 11 is 0. The molecule has 0 aliphatic carbocycles. The largest absolute Gasteiger partial charge is 0.493 e. The predicted molar refractivity (Wildman–Crippen MR) is 98.1 cm³/mol. The van der Waals surface area contributed by atoms with Crippen LogP contribution in [0.1, 0.15) is 32.3 Å². The van der Waals surface area contributed by atoms with Crippen LogP contribution in [0.4, 0.5) is 0 Å². The summed E-state index contributed by atoms with van der Waals surface area (Å²) in [6, 6.07) is 5.85. The summed E-state index contributed by atoms with van der Waals surface area (Å²) < 4.78 is 15.9. The van der Waals surface area contributed by atoms with Crippen LogP contribution in [0.25, 0.3) is 0 Å². The third-order valence-corrected chi connectivity index (χ3v) is 3.42. The Kier molecular flexibility index (Phi) is 10.4. The zero-order valence-corrected chi connectivity index (χ0v) is 15.4. The second kappa shape index (κ2) is 12.5. The van der Waals surface area contributed by atoms with Crippen LogP contribution < -0.4 is 20.1 Å². The van der Waals surface area contributed by atoms with Crippen LogP contribution >= 0.6 is 0 Å². The molecule has 24 heavy (non-hydrogen) atoms. The first-order valence-corrected chi connectivity index (χ1v) is 8.55. The maximum Gasteiger partial charge on any atom is 0.191 e. The number of nitrogens with zero attached hydrogens (tertiary/aromatic N) is 1. The van der Waals surface area contributed by atoms with Crippen molar-refractivity contribution >= 4 is 5.96 Å². The lowest BCUT2D eigenvalue weighted by molar-refractivity contribution is 0.143. The van der Waals surface area contributed by atoms with Crippen LogP contribution in [0.5, 0.6) is 11.5 Å². The fourth-order valence-electron chi connectivity index (χ4n) is 2.17. The minimum atomic E-state index is 0.578. The number of benzene rings is 1. The van der Waals surface area contributed by atoms with Gasteiger partial charge in [-0.25, -0.2) is 4.99 Å². The van der Waals surface area contributed by atoms with Crippen LogP contribution in [0.15, 0.2) is 23.2 Å². The molecule has 0 bridgehead atoms. The third kappa shape index (κ3) is 7.55. The van der Waals surface area contributed by atoms with E-state index in [2.05, 4.69) is 22.5 Å². The molecule has 1 rings (SSSR count). The quantitative estimate of drug-likeness (QED) is 0.369. The Balaban J connectivity index is 2.52. The Morgan fingerprint density at radius 1 is 1.04 bits per heavy atom. The molecule has 1 aromatic carbocycles. The number of hydrogen-bond acceptors (Lipinski definition) is 4. The molecule has 0 spiro atoms. The number of aliphatic imine (C=N–C) groups is 1. The Bertz CT molecular complexity index is 492. The average molecular weight is 337 g/mol. The molecule has 1 aromatic rings. The molecule has 0 aliphatic rings. The summed E-state index contributed by atoms with van der Waals surface area (Å²) in [6.45, 7) is 7.96. The standard InChI is InChI=1S/C18H31N3O3/c1-5-19-18(20-11-7-8-12-24-6-2)21-14-15-9-10-16(22-3)17(13-15)23-4/h9-10,13H,5-8,11-12,14H2,1-4H3,(H2,19,20,21). The van der Waals surface area contributed by atoms with Gasteiger partial charge in [0.15, 0.2) is 17.5 Å². The molecule has 0 aliphatic heterocycles. The lowest BCUT2D eigenvalue weighted by Gasteiger charge is -2.12. The molecule has 6 nitrogen and oxygen atoms in total. The van der Waals surface area contributed by atoms with Crippen LogP contribution in [-0.4, -0.2) is 46.5 Å². The van der Waals surface area contributed by atoms with Gasteiger partial charge in [0.25, 0.3) is 0 Å². The molecule has 0 saturated carbocycles. The molecule has 0 fully saturated rings. The van der Waals surface area contributed by atoms with Gasteiger partial charge in [0, 0.05) is 26.3 Å². The molecule has 0 radical (unpaired) electrons. The Labute approximate surface area is 145 Å². The van der Waals surface area contributed by atoms with Crippen molar-refractivity contribution in [1.29, 1.82) is 0 Å². The van der Waals surface area contributed by atoms with Crippen molar-refractivity contribution in [3.63, 3.8) is 0 Å². The maximum atomic E-state index is 5.34. The molecular weight excluding hydrogens is 306 g/mol. The van der Waals surface area contributed by atoms with E-state index < -0.39 is 0 Å². The third-order valence-electron chi connectivity index (χ3n) is 3.42. The number of hydrogen-bond donors (Lipinski definition) is 2. The Morgan fingerprint density at radius 3 is 2.50 bits per heavy atom. The topological polar surface area (TPSA) is 64.1 Å². The summed E-state index contributed by atoms with van der Waals surface area (Å²) in [5, 5.41) is 6.60. The van der Waals surface area contributed by atoms with Gasteiger partial charge in [-0.1, -0.05) is 6.07 Å². The Hall–Kier alpha value is -1.95. The number of nitrogens with one attached hydrogen (secondary N) is 2. The minimum absolute atomic E-state index is 0.578. The zero-order valence-electron chi connectivity index (χ0n) is 15.4. The zero-order chi connectivity index (χ0) is 17.6. The number of guanidine groups is 1. The highest BCUT2D eigenvalue weighted by Gasteiger charge is 2.04. The van der Waals surface area contributed by atoms with Gasteiger partial charge in [-0.3, -0.25) is 0 Å². The Morgan fingerprint density at radius 2 is 1.83 bits per heavy atom. The predicted octanol–water partition coefficient (Wildman–Crippen LogP) is 2.58. The van der Waals surface area contributed by atoms with Gasteiger partial charge in [-0.05, 0) is 44.4 Å². The minimum Gasteiger partial charge on any atom is -0.493 e. The van der Waals surface area contributed by atoms with Gasteiger partial charge in [0.2, 0.25) is 0 Å². The number of rotatable bonds is 11. The number of unbranched alkanes of at least 4 members (excludes halogenated alkanes) is 1. The molecule has 2 N–H and O–H groups in total. The lowest BCUT2D eigenvalue weighted by atomic mass is 10.2. The van der Waals surface area contributed by atoms with Crippen molar-refractivity contribution < 1.29 is 14.2 Å². The SMILES string of the molecule is CCNC(=NCc1ccc(OC)c(OC)c1)NCCCCOCC. The molecule has 0 saturated heterocycles. The van der Waals surface area contributed by atoms with Crippen molar-refractivity contribution in [1.82, 2.24) is 10.6 Å². The number of ether oxygens (including phenoxy) is 3. The van der Waals surface area contributed by atoms with Crippen LogP contribution in [0.2, 0.25) is 0 Å². The van der Waals surface area contributed by atoms with Crippen molar-refractivity contribution in [3.8, 4) is 11.5 Å². The highest BCUT2D eigenvalue weighted by molar-refractivity contribution is 5.79. The van der Waals surface area contributed by atoms with E-state index in [1.165, 1.54) is 0 Å². The monoisotopic (exact) mass is 337 g/mol. The van der Waals surface area contributed by atoms with Gasteiger partial charge in [0.1, 0.15) is 0 Å². The maximum absolute atomic E-state index is 5.34. The van der Waals surface area contributed by atoms with E-state index in [9.17, 15) is 0 Å². The van der Waals surface area contributed by atoms with Crippen molar-refractivity contribution in [2.24, 2.45) is 4.99 Å². The van der Waals surface area contributed by atoms with E-state index in [4.69, 9.17) is 14.2 Å². The normalized spacial score (nSPS) is 11.2. The number of methoxy groups -OCH3 is 2. The first-order valence-electron chi connectivity index (χ1n) is 8.55. The van der Waals surface area contributed by atoms with Crippen LogP contribution in [0.3, 0.4) is 0 Å². The van der Waals surface area contributed by atoms with Gasteiger partial charge < -0.3 is 24.8 Å². The van der Waals surface area contributed by atoms with E-state index in [-0.39, 0.29) is 0 Å². The van der Waals surface area contributed by atoms with Crippen molar-refractivity contribution in [2.75, 3.05) is 40.5 Å². The smallest absolute Gasteiger partial charge is 0.191 e. The molecular formula is C18H31N3O3. The van der Waals surface area contributed by atoms with Crippen LogP contribution in [0, 0.1) is 0 Å². The fraction of sp³-hybridized carbons (Fsp3) is 0.611. The van der Waals surface area contributed by atoms with E-state index in [1.807, 2.05) is 25.1 Å². The van der Waals surface area contributed by atoms with Crippen LogP contribution in [-0.2, 0) is 11.3 Å². The van der Waals surface area contributed by atoms with E-state index in [0.717, 1.165) is 62.2 Å². The molecule has 0 amide bonds. The lowest BCUT2D eigenvalue weighted by Crippen LogP contribution is -2.37. The van der Waals surface area contributed by atoms with Gasteiger partial charge in [0.05, 0.1) is 20.8 Å². The van der Waals surface area contributed by atoms with Gasteiger partial charge >= 0.3 is 0 Å². The average Bonchev–Trinajstić information content (AvgIpc) is 2.62. The molecule has 0 unspecified atom stereocenters. The van der Waals surface area contributed by atoms with Gasteiger partial charge in [-0.2, -0.15) is 0 Å². The second-order valence-corrected chi connectivity index (χ2v) is 5.22. The summed E-state index contributed by atoms with van der Waals surface area (Å²) in [5.74, 6) is 2.27. The molecule has 6 heteroatoms. The first kappa shape index (κ1) is 20.1. The first-order chi connectivity index (χ1) is 11.7. The van der Waals surface area contributed by atoms with Gasteiger partial charge in [-0.15, -0.1) is 0 Å². The summed E-state index contributed by atoms with van der Waals surface area (Å²) in [7, 11) is 3.27. The van der Waals surface area contributed by atoms with E-state index >= 15 is 0 Å². The van der Waals surface area contributed by atoms with Crippen molar-refractivity contribution in [3.05, 3.63) is 23.8 Å². The summed E-state index contributed by atoms with van der Waals surface area (Å²) in [5.41, 5.74) is 1.07. The molecule has 136 valence electrons.